The number of fused-ring (bicyclic) bond motifs is 7. The fraction of sp³-hybridized carbons (Fsp3) is 0.185. The third-order valence-corrected chi connectivity index (χ3v) is 14.0. The second-order valence-corrected chi connectivity index (χ2v) is 17.6. The molecule has 0 amide bonds. The second kappa shape index (κ2) is 13.5. The van der Waals surface area contributed by atoms with Crippen LogP contribution >= 0.6 is 11.3 Å². The van der Waals surface area contributed by atoms with Gasteiger partial charge in [-0.3, -0.25) is 0 Å². The summed E-state index contributed by atoms with van der Waals surface area (Å²) >= 11 is 1.87. The summed E-state index contributed by atoms with van der Waals surface area (Å²) in [4.78, 5) is 2.49. The normalized spacial score (nSPS) is 17.4. The molecule has 56 heavy (non-hydrogen) atoms. The molecule has 0 saturated carbocycles. The van der Waals surface area contributed by atoms with Crippen LogP contribution < -0.4 is 4.90 Å². The maximum atomic E-state index is 2.49. The number of anilines is 3. The van der Waals surface area contributed by atoms with Gasteiger partial charge in [-0.1, -0.05) is 150 Å². The van der Waals surface area contributed by atoms with E-state index in [2.05, 4.69) is 203 Å². The van der Waals surface area contributed by atoms with E-state index in [1.807, 2.05) is 11.3 Å². The number of allylic oxidation sites excluding steroid dienone is 4. The van der Waals surface area contributed by atoms with E-state index < -0.39 is 0 Å². The van der Waals surface area contributed by atoms with Gasteiger partial charge in [0.1, 0.15) is 0 Å². The van der Waals surface area contributed by atoms with Crippen LogP contribution in [0.5, 0.6) is 0 Å². The van der Waals surface area contributed by atoms with Crippen LogP contribution in [0.25, 0.3) is 53.2 Å². The highest BCUT2D eigenvalue weighted by atomic mass is 32.1. The molecule has 8 aromatic rings. The molecule has 0 saturated heterocycles. The van der Waals surface area contributed by atoms with Crippen molar-refractivity contribution in [2.24, 2.45) is 5.92 Å². The van der Waals surface area contributed by atoms with Crippen LogP contribution in [0.4, 0.5) is 17.1 Å². The molecule has 0 fully saturated rings. The van der Waals surface area contributed by atoms with Gasteiger partial charge in [-0.15, -0.1) is 11.3 Å². The van der Waals surface area contributed by atoms with E-state index in [1.165, 1.54) is 86.8 Å². The van der Waals surface area contributed by atoms with Crippen LogP contribution in [0.1, 0.15) is 75.1 Å². The summed E-state index contributed by atoms with van der Waals surface area (Å²) in [6.45, 7) is 11.8. The van der Waals surface area contributed by atoms with Crippen molar-refractivity contribution < 1.29 is 0 Å². The molecule has 274 valence electrons. The van der Waals surface area contributed by atoms with E-state index >= 15 is 0 Å². The lowest BCUT2D eigenvalue weighted by Gasteiger charge is -2.29. The van der Waals surface area contributed by atoms with Crippen LogP contribution in [-0.4, -0.2) is 0 Å². The average molecular weight is 742 g/mol. The van der Waals surface area contributed by atoms with Gasteiger partial charge >= 0.3 is 0 Å². The first-order chi connectivity index (χ1) is 27.3. The minimum Gasteiger partial charge on any atom is -0.310 e. The molecule has 0 N–H and O–H groups in total. The predicted molar refractivity (Wildman–Crippen MR) is 243 cm³/mol. The zero-order chi connectivity index (χ0) is 38.1. The Balaban J connectivity index is 1.13. The summed E-state index contributed by atoms with van der Waals surface area (Å²) in [7, 11) is 0. The summed E-state index contributed by atoms with van der Waals surface area (Å²) in [5.74, 6) is 1.31. The third kappa shape index (κ3) is 5.49. The Hall–Kier alpha value is -5.70. The lowest BCUT2D eigenvalue weighted by Crippen LogP contribution is -2.16. The number of thiophene rings is 1. The zero-order valence-corrected chi connectivity index (χ0v) is 33.7. The number of benzene rings is 7. The van der Waals surface area contributed by atoms with Crippen LogP contribution in [0.15, 0.2) is 164 Å². The van der Waals surface area contributed by atoms with Crippen molar-refractivity contribution in [1.82, 2.24) is 0 Å². The van der Waals surface area contributed by atoms with E-state index in [0.29, 0.717) is 17.8 Å². The number of nitrogens with zero attached hydrogens (tertiary/aromatic N) is 1. The van der Waals surface area contributed by atoms with Crippen molar-refractivity contribution in [2.45, 2.75) is 58.3 Å². The monoisotopic (exact) mass is 741 g/mol. The highest BCUT2D eigenvalue weighted by molar-refractivity contribution is 7.25. The average Bonchev–Trinajstić information content (AvgIpc) is 3.72. The molecule has 0 aliphatic heterocycles. The first-order valence-electron chi connectivity index (χ1n) is 20.3. The molecule has 0 spiro atoms. The Bertz CT molecular complexity index is 2870. The highest BCUT2D eigenvalue weighted by Gasteiger charge is 2.37. The van der Waals surface area contributed by atoms with Gasteiger partial charge in [-0.2, -0.15) is 0 Å². The van der Waals surface area contributed by atoms with Crippen molar-refractivity contribution in [3.05, 3.63) is 186 Å². The Morgan fingerprint density at radius 3 is 2.20 bits per heavy atom. The summed E-state index contributed by atoms with van der Waals surface area (Å²) in [5, 5.41) is 5.31. The molecule has 2 aliphatic rings. The van der Waals surface area contributed by atoms with Gasteiger partial charge in [-0.25, -0.2) is 0 Å². The zero-order valence-electron chi connectivity index (χ0n) is 32.9. The van der Waals surface area contributed by atoms with Crippen molar-refractivity contribution in [2.75, 3.05) is 4.90 Å². The third-order valence-electron chi connectivity index (χ3n) is 12.9. The molecular formula is C54H47NS. The van der Waals surface area contributed by atoms with Gasteiger partial charge in [0.2, 0.25) is 0 Å². The lowest BCUT2D eigenvalue weighted by atomic mass is 9.76. The number of hydrogen-bond donors (Lipinski definition) is 0. The molecule has 1 heterocycles. The van der Waals surface area contributed by atoms with Gasteiger partial charge in [0.25, 0.3) is 0 Å². The Labute approximate surface area is 335 Å². The smallest absolute Gasteiger partial charge is 0.0543 e. The Morgan fingerprint density at radius 2 is 1.36 bits per heavy atom. The quantitative estimate of drug-likeness (QED) is 0.157. The van der Waals surface area contributed by atoms with Gasteiger partial charge < -0.3 is 4.90 Å². The number of rotatable bonds is 7. The summed E-state index contributed by atoms with van der Waals surface area (Å²) in [5.41, 5.74) is 14.3. The van der Waals surface area contributed by atoms with E-state index in [0.717, 1.165) is 12.1 Å². The van der Waals surface area contributed by atoms with Crippen molar-refractivity contribution in [1.29, 1.82) is 0 Å². The van der Waals surface area contributed by atoms with Crippen molar-refractivity contribution in [3.8, 4) is 22.3 Å². The standard InChI is InChI=1S/C54H47NS/c1-6-34(2)42-30-26-37-22-23-38(32-45(37)52(42)41-15-8-7-14-35(41)3)36-24-27-39(28-25-36)55(40-29-31-51-46(33-40)43-16-10-12-21-50(43)56-51)49-20-13-19-48-53(49)44-17-9-11-18-47(44)54(48,4)5/h7-35,41H,6H2,1-5H3. The maximum absolute atomic E-state index is 2.49. The molecule has 3 atom stereocenters. The minimum absolute atomic E-state index is 0.0871. The second-order valence-electron chi connectivity index (χ2n) is 16.5. The fourth-order valence-corrected chi connectivity index (χ4v) is 10.7. The molecule has 1 nitrogen and oxygen atoms in total. The first kappa shape index (κ1) is 34.8. The molecule has 7 aromatic carbocycles. The molecule has 3 unspecified atom stereocenters. The largest absolute Gasteiger partial charge is 0.310 e. The first-order valence-corrected chi connectivity index (χ1v) is 21.1. The van der Waals surface area contributed by atoms with Crippen molar-refractivity contribution >= 4 is 59.3 Å². The van der Waals surface area contributed by atoms with E-state index in [-0.39, 0.29) is 5.41 Å². The highest BCUT2D eigenvalue weighted by Crippen LogP contribution is 2.54. The van der Waals surface area contributed by atoms with Crippen LogP contribution in [0.3, 0.4) is 0 Å². The van der Waals surface area contributed by atoms with E-state index in [1.54, 1.807) is 0 Å². The van der Waals surface area contributed by atoms with Gasteiger partial charge in [0.15, 0.2) is 0 Å². The van der Waals surface area contributed by atoms with Crippen LogP contribution in [0, 0.1) is 5.92 Å². The fourth-order valence-electron chi connectivity index (χ4n) is 9.64. The van der Waals surface area contributed by atoms with E-state index in [9.17, 15) is 0 Å². The van der Waals surface area contributed by atoms with Crippen LogP contribution in [0.2, 0.25) is 0 Å². The molecule has 1 aromatic heterocycles. The molecular weight excluding hydrogens is 695 g/mol. The van der Waals surface area contributed by atoms with Gasteiger partial charge in [0.05, 0.1) is 5.69 Å². The SMILES string of the molecule is CCC(C)c1ccc2ccc(-c3ccc(N(c4ccc5sc6ccccc6c5c4)c4cccc5c4-c4ccccc4C5(C)C)cc3)cc2c1C1C=CC=CC1C. The molecule has 10 rings (SSSR count). The number of hydrogen-bond acceptors (Lipinski definition) is 2. The lowest BCUT2D eigenvalue weighted by molar-refractivity contribution is 0.621. The Kier molecular flexibility index (Phi) is 8.38. The predicted octanol–water partition coefficient (Wildman–Crippen LogP) is 16.0. The summed E-state index contributed by atoms with van der Waals surface area (Å²) < 4.78 is 2.64. The molecule has 2 heteroatoms. The van der Waals surface area contributed by atoms with Crippen LogP contribution in [-0.2, 0) is 5.41 Å². The summed E-state index contributed by atoms with van der Waals surface area (Å²) in [6.07, 6.45) is 10.3. The Morgan fingerprint density at radius 1 is 0.643 bits per heavy atom. The van der Waals surface area contributed by atoms with Crippen molar-refractivity contribution in [3.63, 3.8) is 0 Å². The summed E-state index contributed by atoms with van der Waals surface area (Å²) in [6, 6.07) is 52.9. The van der Waals surface area contributed by atoms with Gasteiger partial charge in [-0.05, 0) is 117 Å². The topological polar surface area (TPSA) is 3.24 Å². The molecule has 0 bridgehead atoms. The van der Waals surface area contributed by atoms with Gasteiger partial charge in [0, 0.05) is 48.4 Å². The minimum atomic E-state index is -0.0871. The molecule has 2 aliphatic carbocycles. The van der Waals surface area contributed by atoms with E-state index in [4.69, 9.17) is 0 Å². The maximum Gasteiger partial charge on any atom is 0.0543 e. The molecule has 0 radical (unpaired) electrons.